The van der Waals surface area contributed by atoms with Gasteiger partial charge in [0, 0.05) is 24.5 Å². The Labute approximate surface area is 95.4 Å². The summed E-state index contributed by atoms with van der Waals surface area (Å²) in [7, 11) is 0. The maximum Gasteiger partial charge on any atom is 0.239 e. The average Bonchev–Trinajstić information content (AvgIpc) is 2.61. The zero-order valence-electron chi connectivity index (χ0n) is 9.49. The van der Waals surface area contributed by atoms with Gasteiger partial charge >= 0.3 is 0 Å². The van der Waals surface area contributed by atoms with Crippen molar-refractivity contribution in [1.29, 1.82) is 0 Å². The highest BCUT2D eigenvalue weighted by Crippen LogP contribution is 2.29. The monoisotopic (exact) mass is 219 g/mol. The molecule has 0 unspecified atom stereocenters. The molecule has 0 radical (unpaired) electrons. The Morgan fingerprint density at radius 3 is 3.12 bits per heavy atom. The van der Waals surface area contributed by atoms with Gasteiger partial charge in [-0.1, -0.05) is 0 Å². The third kappa shape index (κ3) is 2.10. The molecule has 1 aliphatic heterocycles. The SMILES string of the molecule is CCNC(=O)CN1CCc2cc(N)ccc21. The van der Waals surface area contributed by atoms with Gasteiger partial charge in [0.05, 0.1) is 6.54 Å². The van der Waals surface area contributed by atoms with E-state index >= 15 is 0 Å². The normalized spacial score (nSPS) is 13.7. The maximum absolute atomic E-state index is 11.5. The van der Waals surface area contributed by atoms with Crippen LogP contribution in [0, 0.1) is 0 Å². The molecule has 1 aliphatic rings. The van der Waals surface area contributed by atoms with E-state index in [0.717, 1.165) is 24.3 Å². The number of anilines is 2. The molecule has 86 valence electrons. The van der Waals surface area contributed by atoms with Crippen LogP contribution in [0.15, 0.2) is 18.2 Å². The summed E-state index contributed by atoms with van der Waals surface area (Å²) in [5, 5.41) is 2.81. The van der Waals surface area contributed by atoms with Gasteiger partial charge in [0.15, 0.2) is 0 Å². The number of benzene rings is 1. The molecule has 0 atom stereocenters. The molecule has 0 saturated carbocycles. The summed E-state index contributed by atoms with van der Waals surface area (Å²) in [6.07, 6.45) is 0.972. The van der Waals surface area contributed by atoms with E-state index in [0.29, 0.717) is 13.1 Å². The van der Waals surface area contributed by atoms with Gasteiger partial charge in [0.25, 0.3) is 0 Å². The lowest BCUT2D eigenvalue weighted by Gasteiger charge is -2.18. The number of carbonyl (C=O) groups excluding carboxylic acids is 1. The van der Waals surface area contributed by atoms with Gasteiger partial charge in [-0.3, -0.25) is 4.79 Å². The summed E-state index contributed by atoms with van der Waals surface area (Å²) in [6, 6.07) is 5.87. The van der Waals surface area contributed by atoms with Crippen molar-refractivity contribution in [3.05, 3.63) is 23.8 Å². The van der Waals surface area contributed by atoms with Crippen LogP contribution in [0.1, 0.15) is 12.5 Å². The maximum atomic E-state index is 11.5. The van der Waals surface area contributed by atoms with Crippen LogP contribution in [-0.4, -0.2) is 25.5 Å². The summed E-state index contributed by atoms with van der Waals surface area (Å²) in [4.78, 5) is 13.6. The molecule has 1 aromatic carbocycles. The summed E-state index contributed by atoms with van der Waals surface area (Å²) in [6.45, 7) is 3.94. The Balaban J connectivity index is 2.09. The number of amides is 1. The Morgan fingerprint density at radius 2 is 2.38 bits per heavy atom. The number of carbonyl (C=O) groups is 1. The molecule has 1 heterocycles. The molecular formula is C12H17N3O. The zero-order valence-corrected chi connectivity index (χ0v) is 9.49. The molecular weight excluding hydrogens is 202 g/mol. The summed E-state index contributed by atoms with van der Waals surface area (Å²) >= 11 is 0. The standard InChI is InChI=1S/C12H17N3O/c1-2-14-12(16)8-15-6-5-9-7-10(13)3-4-11(9)15/h3-4,7H,2,5-6,8,13H2,1H3,(H,14,16). The fourth-order valence-electron chi connectivity index (χ4n) is 2.08. The van der Waals surface area contributed by atoms with Crippen LogP contribution in [0.2, 0.25) is 0 Å². The Bertz CT molecular complexity index is 403. The molecule has 0 spiro atoms. The lowest BCUT2D eigenvalue weighted by Crippen LogP contribution is -2.36. The first kappa shape index (κ1) is 10.8. The topological polar surface area (TPSA) is 58.4 Å². The van der Waals surface area contributed by atoms with Gasteiger partial charge in [-0.05, 0) is 37.1 Å². The van der Waals surface area contributed by atoms with Crippen molar-refractivity contribution in [2.45, 2.75) is 13.3 Å². The van der Waals surface area contributed by atoms with Crippen LogP contribution in [0.4, 0.5) is 11.4 Å². The first-order valence-corrected chi connectivity index (χ1v) is 5.60. The minimum atomic E-state index is 0.0761. The van der Waals surface area contributed by atoms with Gasteiger partial charge in [0.1, 0.15) is 0 Å². The predicted octanol–water partition coefficient (Wildman–Crippen LogP) is 0.767. The highest BCUT2D eigenvalue weighted by Gasteiger charge is 2.20. The number of hydrogen-bond donors (Lipinski definition) is 2. The number of nitrogens with one attached hydrogen (secondary N) is 1. The molecule has 0 fully saturated rings. The minimum Gasteiger partial charge on any atom is -0.399 e. The number of nitrogens with zero attached hydrogens (tertiary/aromatic N) is 1. The molecule has 4 heteroatoms. The van der Waals surface area contributed by atoms with Gasteiger partial charge in [-0.2, -0.15) is 0 Å². The quantitative estimate of drug-likeness (QED) is 0.738. The molecule has 0 aliphatic carbocycles. The minimum absolute atomic E-state index is 0.0761. The van der Waals surface area contributed by atoms with Crippen LogP contribution in [0.5, 0.6) is 0 Å². The van der Waals surface area contributed by atoms with E-state index in [9.17, 15) is 4.79 Å². The van der Waals surface area contributed by atoms with E-state index in [-0.39, 0.29) is 5.91 Å². The van der Waals surface area contributed by atoms with Crippen molar-refractivity contribution < 1.29 is 4.79 Å². The first-order valence-electron chi connectivity index (χ1n) is 5.60. The second-order valence-corrected chi connectivity index (χ2v) is 4.01. The largest absolute Gasteiger partial charge is 0.399 e. The third-order valence-corrected chi connectivity index (χ3v) is 2.80. The molecule has 0 bridgehead atoms. The van der Waals surface area contributed by atoms with Crippen LogP contribution in [0.25, 0.3) is 0 Å². The van der Waals surface area contributed by atoms with Crippen LogP contribution in [0.3, 0.4) is 0 Å². The highest BCUT2D eigenvalue weighted by atomic mass is 16.2. The summed E-state index contributed by atoms with van der Waals surface area (Å²) < 4.78 is 0. The van der Waals surface area contributed by atoms with Crippen LogP contribution >= 0.6 is 0 Å². The number of likely N-dealkylation sites (N-methyl/N-ethyl adjacent to an activating group) is 1. The zero-order chi connectivity index (χ0) is 11.5. The summed E-state index contributed by atoms with van der Waals surface area (Å²) in [5.74, 6) is 0.0761. The Morgan fingerprint density at radius 1 is 1.56 bits per heavy atom. The molecule has 0 aromatic heterocycles. The van der Waals surface area contributed by atoms with Crippen LogP contribution in [-0.2, 0) is 11.2 Å². The predicted molar refractivity (Wildman–Crippen MR) is 65.5 cm³/mol. The molecule has 0 saturated heterocycles. The number of rotatable bonds is 3. The fourth-order valence-corrected chi connectivity index (χ4v) is 2.08. The van der Waals surface area contributed by atoms with Gasteiger partial charge in [-0.25, -0.2) is 0 Å². The second-order valence-electron chi connectivity index (χ2n) is 4.01. The number of nitrogen functional groups attached to an aromatic ring is 1. The van der Waals surface area contributed by atoms with E-state index in [1.807, 2.05) is 25.1 Å². The first-order chi connectivity index (χ1) is 7.70. The van der Waals surface area contributed by atoms with E-state index in [1.165, 1.54) is 5.56 Å². The number of hydrogen-bond acceptors (Lipinski definition) is 3. The highest BCUT2D eigenvalue weighted by molar-refractivity contribution is 5.82. The number of fused-ring (bicyclic) bond motifs is 1. The fraction of sp³-hybridized carbons (Fsp3) is 0.417. The Kier molecular flexibility index (Phi) is 2.99. The van der Waals surface area contributed by atoms with Crippen molar-refractivity contribution in [3.63, 3.8) is 0 Å². The van der Waals surface area contributed by atoms with Crippen molar-refractivity contribution in [1.82, 2.24) is 5.32 Å². The van der Waals surface area contributed by atoms with Crippen molar-refractivity contribution in [2.75, 3.05) is 30.3 Å². The van der Waals surface area contributed by atoms with E-state index in [2.05, 4.69) is 10.2 Å². The molecule has 4 nitrogen and oxygen atoms in total. The lowest BCUT2D eigenvalue weighted by molar-refractivity contribution is -0.119. The molecule has 1 aromatic rings. The van der Waals surface area contributed by atoms with Crippen molar-refractivity contribution in [3.8, 4) is 0 Å². The average molecular weight is 219 g/mol. The van der Waals surface area contributed by atoms with Crippen molar-refractivity contribution in [2.24, 2.45) is 0 Å². The van der Waals surface area contributed by atoms with Crippen LogP contribution < -0.4 is 16.0 Å². The third-order valence-electron chi connectivity index (χ3n) is 2.80. The van der Waals surface area contributed by atoms with Gasteiger partial charge in [0.2, 0.25) is 5.91 Å². The molecule has 1 amide bonds. The summed E-state index contributed by atoms with van der Waals surface area (Å²) in [5.41, 5.74) is 8.90. The van der Waals surface area contributed by atoms with E-state index in [1.54, 1.807) is 0 Å². The van der Waals surface area contributed by atoms with Gasteiger partial charge < -0.3 is 16.0 Å². The van der Waals surface area contributed by atoms with Gasteiger partial charge in [-0.15, -0.1) is 0 Å². The van der Waals surface area contributed by atoms with E-state index in [4.69, 9.17) is 5.73 Å². The smallest absolute Gasteiger partial charge is 0.239 e. The number of nitrogens with two attached hydrogens (primary N) is 1. The van der Waals surface area contributed by atoms with E-state index < -0.39 is 0 Å². The van der Waals surface area contributed by atoms with Crippen molar-refractivity contribution >= 4 is 17.3 Å². The molecule has 3 N–H and O–H groups in total. The lowest BCUT2D eigenvalue weighted by atomic mass is 10.1. The molecule has 16 heavy (non-hydrogen) atoms. The Hall–Kier alpha value is -1.71. The second kappa shape index (κ2) is 4.43. The molecule has 2 rings (SSSR count).